The number of hydrogen-bond acceptors (Lipinski definition) is 2. The van der Waals surface area contributed by atoms with E-state index < -0.39 is 0 Å². The molecule has 0 unspecified atom stereocenters. The summed E-state index contributed by atoms with van der Waals surface area (Å²) in [5.74, 6) is 0.592. The zero-order chi connectivity index (χ0) is 15.1. The minimum atomic E-state index is -0.0523. The normalized spacial score (nSPS) is 15.7. The maximum absolute atomic E-state index is 12.5. The molecule has 4 nitrogen and oxygen atoms in total. The van der Waals surface area contributed by atoms with E-state index in [0.717, 1.165) is 45.4 Å². The SMILES string of the molecule is CCCN(CC1CCNCC1)C(=O)Nc1ccccc1Cl. The van der Waals surface area contributed by atoms with Crippen molar-refractivity contribution in [3.63, 3.8) is 0 Å². The number of carbonyl (C=O) groups excluding carboxylic acids is 1. The molecule has 116 valence electrons. The number of rotatable bonds is 5. The number of nitrogens with one attached hydrogen (secondary N) is 2. The third-order valence-electron chi connectivity index (χ3n) is 3.83. The first kappa shape index (κ1) is 16.1. The van der Waals surface area contributed by atoms with Crippen LogP contribution in [-0.2, 0) is 0 Å². The van der Waals surface area contributed by atoms with E-state index in [4.69, 9.17) is 11.6 Å². The molecule has 0 atom stereocenters. The van der Waals surface area contributed by atoms with Crippen LogP contribution in [0.2, 0.25) is 5.02 Å². The Labute approximate surface area is 131 Å². The zero-order valence-corrected chi connectivity index (χ0v) is 13.3. The van der Waals surface area contributed by atoms with Crippen molar-refractivity contribution >= 4 is 23.3 Å². The number of carbonyl (C=O) groups is 1. The molecule has 0 saturated carbocycles. The van der Waals surface area contributed by atoms with Crippen molar-refractivity contribution in [3.05, 3.63) is 29.3 Å². The molecule has 1 aromatic rings. The van der Waals surface area contributed by atoms with Crippen LogP contribution < -0.4 is 10.6 Å². The Bertz CT molecular complexity index is 461. The average molecular weight is 310 g/mol. The number of anilines is 1. The predicted molar refractivity (Wildman–Crippen MR) is 87.9 cm³/mol. The van der Waals surface area contributed by atoms with Crippen LogP contribution in [0.3, 0.4) is 0 Å². The summed E-state index contributed by atoms with van der Waals surface area (Å²) in [6.07, 6.45) is 3.24. The number of halogens is 1. The topological polar surface area (TPSA) is 44.4 Å². The Hall–Kier alpha value is -1.26. The van der Waals surface area contributed by atoms with E-state index in [2.05, 4.69) is 17.6 Å². The second-order valence-electron chi connectivity index (χ2n) is 5.55. The quantitative estimate of drug-likeness (QED) is 0.873. The van der Waals surface area contributed by atoms with E-state index in [1.165, 1.54) is 0 Å². The molecule has 0 bridgehead atoms. The molecule has 0 spiro atoms. The van der Waals surface area contributed by atoms with Crippen LogP contribution in [0.15, 0.2) is 24.3 Å². The predicted octanol–water partition coefficient (Wildman–Crippen LogP) is 3.58. The number of benzene rings is 1. The second kappa shape index (κ2) is 8.25. The van der Waals surface area contributed by atoms with Gasteiger partial charge in [-0.3, -0.25) is 0 Å². The van der Waals surface area contributed by atoms with Gasteiger partial charge in [-0.05, 0) is 50.4 Å². The highest BCUT2D eigenvalue weighted by molar-refractivity contribution is 6.33. The number of amides is 2. The monoisotopic (exact) mass is 309 g/mol. The molecule has 1 heterocycles. The molecule has 1 aromatic carbocycles. The first-order valence-electron chi connectivity index (χ1n) is 7.72. The molecule has 0 aliphatic carbocycles. The van der Waals surface area contributed by atoms with E-state index in [-0.39, 0.29) is 6.03 Å². The molecule has 2 amide bonds. The van der Waals surface area contributed by atoms with Gasteiger partial charge >= 0.3 is 6.03 Å². The van der Waals surface area contributed by atoms with Crippen LogP contribution in [0.1, 0.15) is 26.2 Å². The van der Waals surface area contributed by atoms with Crippen molar-refractivity contribution in [3.8, 4) is 0 Å². The summed E-state index contributed by atoms with van der Waals surface area (Å²) < 4.78 is 0. The number of nitrogens with zero attached hydrogens (tertiary/aromatic N) is 1. The largest absolute Gasteiger partial charge is 0.324 e. The summed E-state index contributed by atoms with van der Waals surface area (Å²) in [7, 11) is 0. The average Bonchev–Trinajstić information content (AvgIpc) is 2.50. The first-order chi connectivity index (χ1) is 10.2. The van der Waals surface area contributed by atoms with Crippen molar-refractivity contribution in [2.45, 2.75) is 26.2 Å². The van der Waals surface area contributed by atoms with Gasteiger partial charge in [0.05, 0.1) is 10.7 Å². The van der Waals surface area contributed by atoms with Gasteiger partial charge in [0.15, 0.2) is 0 Å². The van der Waals surface area contributed by atoms with Crippen LogP contribution in [0.5, 0.6) is 0 Å². The van der Waals surface area contributed by atoms with Crippen LogP contribution in [0.4, 0.5) is 10.5 Å². The van der Waals surface area contributed by atoms with Crippen LogP contribution in [-0.4, -0.2) is 37.1 Å². The molecule has 0 aromatic heterocycles. The molecular formula is C16H24ClN3O. The maximum Gasteiger partial charge on any atom is 0.321 e. The summed E-state index contributed by atoms with van der Waals surface area (Å²) in [6, 6.07) is 7.29. The first-order valence-corrected chi connectivity index (χ1v) is 8.09. The van der Waals surface area contributed by atoms with Gasteiger partial charge in [0.1, 0.15) is 0 Å². The lowest BCUT2D eigenvalue weighted by Crippen LogP contribution is -2.41. The lowest BCUT2D eigenvalue weighted by atomic mass is 9.97. The molecule has 5 heteroatoms. The van der Waals surface area contributed by atoms with Crippen molar-refractivity contribution in [2.75, 3.05) is 31.5 Å². The third kappa shape index (κ3) is 4.90. The number of piperidine rings is 1. The van der Waals surface area contributed by atoms with E-state index in [0.29, 0.717) is 16.6 Å². The maximum atomic E-state index is 12.5. The Morgan fingerprint density at radius 2 is 2.10 bits per heavy atom. The van der Waals surface area contributed by atoms with Crippen molar-refractivity contribution in [1.29, 1.82) is 0 Å². The lowest BCUT2D eigenvalue weighted by Gasteiger charge is -2.30. The molecule has 1 saturated heterocycles. The smallest absolute Gasteiger partial charge is 0.321 e. The van der Waals surface area contributed by atoms with Crippen molar-refractivity contribution in [2.24, 2.45) is 5.92 Å². The summed E-state index contributed by atoms with van der Waals surface area (Å²) in [6.45, 7) is 5.80. The van der Waals surface area contributed by atoms with E-state index in [9.17, 15) is 4.79 Å². The third-order valence-corrected chi connectivity index (χ3v) is 4.16. The summed E-state index contributed by atoms with van der Waals surface area (Å²) in [5, 5.41) is 6.86. The van der Waals surface area contributed by atoms with Gasteiger partial charge in [-0.2, -0.15) is 0 Å². The summed E-state index contributed by atoms with van der Waals surface area (Å²) >= 11 is 6.10. The molecule has 2 rings (SSSR count). The second-order valence-corrected chi connectivity index (χ2v) is 5.96. The highest BCUT2D eigenvalue weighted by atomic mass is 35.5. The Kier molecular flexibility index (Phi) is 6.33. The summed E-state index contributed by atoms with van der Waals surface area (Å²) in [4.78, 5) is 14.4. The highest BCUT2D eigenvalue weighted by Gasteiger charge is 2.20. The van der Waals surface area contributed by atoms with Gasteiger partial charge in [0.2, 0.25) is 0 Å². The Balaban J connectivity index is 1.96. The standard InChI is InChI=1S/C16H24ClN3O/c1-2-11-20(12-13-7-9-18-10-8-13)16(21)19-15-6-4-3-5-14(15)17/h3-6,13,18H,2,7-12H2,1H3,(H,19,21). The molecule has 1 aliphatic heterocycles. The van der Waals surface area contributed by atoms with Gasteiger partial charge in [-0.15, -0.1) is 0 Å². The molecule has 2 N–H and O–H groups in total. The fourth-order valence-corrected chi connectivity index (χ4v) is 2.86. The number of para-hydroxylation sites is 1. The van der Waals surface area contributed by atoms with E-state index in [1.54, 1.807) is 6.07 Å². The van der Waals surface area contributed by atoms with E-state index in [1.807, 2.05) is 23.1 Å². The van der Waals surface area contributed by atoms with Crippen molar-refractivity contribution in [1.82, 2.24) is 10.2 Å². The van der Waals surface area contributed by atoms with Gasteiger partial charge < -0.3 is 15.5 Å². The summed E-state index contributed by atoms with van der Waals surface area (Å²) in [5.41, 5.74) is 0.676. The highest BCUT2D eigenvalue weighted by Crippen LogP contribution is 2.21. The van der Waals surface area contributed by atoms with Gasteiger partial charge in [0, 0.05) is 13.1 Å². The van der Waals surface area contributed by atoms with Gasteiger partial charge in [-0.25, -0.2) is 4.79 Å². The molecule has 0 radical (unpaired) electrons. The van der Waals surface area contributed by atoms with Crippen molar-refractivity contribution < 1.29 is 4.79 Å². The number of urea groups is 1. The minimum Gasteiger partial charge on any atom is -0.324 e. The fourth-order valence-electron chi connectivity index (χ4n) is 2.68. The molecular weight excluding hydrogens is 286 g/mol. The van der Waals surface area contributed by atoms with E-state index >= 15 is 0 Å². The van der Waals surface area contributed by atoms with Crippen LogP contribution in [0, 0.1) is 5.92 Å². The van der Waals surface area contributed by atoms with Gasteiger partial charge in [-0.1, -0.05) is 30.7 Å². The van der Waals surface area contributed by atoms with Gasteiger partial charge in [0.25, 0.3) is 0 Å². The molecule has 21 heavy (non-hydrogen) atoms. The Morgan fingerprint density at radius 3 is 2.76 bits per heavy atom. The molecule has 1 aliphatic rings. The number of hydrogen-bond donors (Lipinski definition) is 2. The molecule has 1 fully saturated rings. The Morgan fingerprint density at radius 1 is 1.38 bits per heavy atom. The zero-order valence-electron chi connectivity index (χ0n) is 12.6. The minimum absolute atomic E-state index is 0.0523. The van der Waals surface area contributed by atoms with Crippen LogP contribution >= 0.6 is 11.6 Å². The lowest BCUT2D eigenvalue weighted by molar-refractivity contribution is 0.192. The fraction of sp³-hybridized carbons (Fsp3) is 0.562. The van der Waals surface area contributed by atoms with Crippen LogP contribution in [0.25, 0.3) is 0 Å².